The van der Waals surface area contributed by atoms with Crippen molar-refractivity contribution in [3.05, 3.63) is 35.9 Å². The summed E-state index contributed by atoms with van der Waals surface area (Å²) in [6.45, 7) is 6.35. The topological polar surface area (TPSA) is 45.9 Å². The molecule has 1 aromatic heterocycles. The predicted molar refractivity (Wildman–Crippen MR) is 76.0 cm³/mol. The fourth-order valence-electron chi connectivity index (χ4n) is 2.22. The lowest BCUT2D eigenvalue weighted by atomic mass is 10.1. The number of rotatable bonds is 4. The molecule has 0 amide bonds. The van der Waals surface area contributed by atoms with Crippen LogP contribution in [0.1, 0.15) is 32.8 Å². The highest BCUT2D eigenvalue weighted by atomic mass is 16.5. The third kappa shape index (κ3) is 3.23. The van der Waals surface area contributed by atoms with Gasteiger partial charge in [0, 0.05) is 11.5 Å². The first kappa shape index (κ1) is 13.4. The van der Waals surface area contributed by atoms with Gasteiger partial charge in [0.25, 0.3) is 0 Å². The molecule has 0 radical (unpaired) electrons. The zero-order chi connectivity index (χ0) is 13.8. The van der Waals surface area contributed by atoms with Crippen molar-refractivity contribution in [3.63, 3.8) is 0 Å². The van der Waals surface area contributed by atoms with Crippen LogP contribution in [0.4, 0.5) is 0 Å². The Labute approximate surface area is 113 Å². The number of fused-ring (bicyclic) bond motifs is 1. The summed E-state index contributed by atoms with van der Waals surface area (Å²) in [6.07, 6.45) is 1.07. The molecular weight excluding hydrogens is 236 g/mol. The molecule has 0 aliphatic heterocycles. The monoisotopic (exact) mass is 254 g/mol. The van der Waals surface area contributed by atoms with E-state index in [1.807, 2.05) is 31.2 Å². The first-order valence-electron chi connectivity index (χ1n) is 6.56. The second kappa shape index (κ2) is 5.71. The van der Waals surface area contributed by atoms with Crippen molar-refractivity contribution in [3.8, 4) is 11.9 Å². The highest BCUT2D eigenvalue weighted by Crippen LogP contribution is 2.22. The molecule has 0 saturated carbocycles. The van der Waals surface area contributed by atoms with Gasteiger partial charge >= 0.3 is 0 Å². The minimum absolute atomic E-state index is 0.0974. The van der Waals surface area contributed by atoms with Gasteiger partial charge in [-0.2, -0.15) is 5.26 Å². The molecular formula is C16H18N2O. The lowest BCUT2D eigenvalue weighted by molar-refractivity contribution is 0.186. The van der Waals surface area contributed by atoms with Gasteiger partial charge in [-0.1, -0.05) is 32.0 Å². The van der Waals surface area contributed by atoms with Gasteiger partial charge in [0.2, 0.25) is 5.88 Å². The summed E-state index contributed by atoms with van der Waals surface area (Å²) in [5.74, 6) is 1.11. The molecule has 19 heavy (non-hydrogen) atoms. The molecule has 98 valence electrons. The number of ether oxygens (including phenoxy) is 1. The molecule has 3 nitrogen and oxygen atoms in total. The maximum Gasteiger partial charge on any atom is 0.215 e. The summed E-state index contributed by atoms with van der Waals surface area (Å²) in [5, 5.41) is 10.1. The molecule has 0 saturated heterocycles. The van der Waals surface area contributed by atoms with Gasteiger partial charge in [0.1, 0.15) is 6.07 Å². The van der Waals surface area contributed by atoms with Crippen LogP contribution in [0.15, 0.2) is 30.3 Å². The van der Waals surface area contributed by atoms with Gasteiger partial charge in [-0.05, 0) is 25.3 Å². The summed E-state index contributed by atoms with van der Waals surface area (Å²) in [6, 6.07) is 11.6. The smallest absolute Gasteiger partial charge is 0.215 e. The van der Waals surface area contributed by atoms with Crippen molar-refractivity contribution in [2.24, 2.45) is 5.92 Å². The molecule has 0 N–H and O–H groups in total. The Kier molecular flexibility index (Phi) is 4.01. The minimum atomic E-state index is 0.0974. The Balaban J connectivity index is 2.32. The SMILES string of the molecule is CC(C)CC(C)Oc1cc(C#N)c2ccccc2n1. The Morgan fingerprint density at radius 2 is 2.00 bits per heavy atom. The van der Waals surface area contributed by atoms with Crippen LogP contribution in [-0.4, -0.2) is 11.1 Å². The first-order chi connectivity index (χ1) is 9.10. The van der Waals surface area contributed by atoms with Crippen LogP contribution in [0, 0.1) is 17.2 Å². The van der Waals surface area contributed by atoms with Crippen molar-refractivity contribution in [1.82, 2.24) is 4.98 Å². The number of para-hydroxylation sites is 1. The van der Waals surface area contributed by atoms with E-state index in [4.69, 9.17) is 4.74 Å². The van der Waals surface area contributed by atoms with Crippen LogP contribution >= 0.6 is 0 Å². The van der Waals surface area contributed by atoms with Crippen LogP contribution in [0.25, 0.3) is 10.9 Å². The lowest BCUT2D eigenvalue weighted by Crippen LogP contribution is -2.15. The lowest BCUT2D eigenvalue weighted by Gasteiger charge is -2.16. The van der Waals surface area contributed by atoms with Crippen molar-refractivity contribution >= 4 is 10.9 Å². The molecule has 0 spiro atoms. The van der Waals surface area contributed by atoms with Gasteiger partial charge in [-0.3, -0.25) is 0 Å². The highest BCUT2D eigenvalue weighted by molar-refractivity contribution is 5.85. The normalized spacial score (nSPS) is 12.4. The van der Waals surface area contributed by atoms with Crippen molar-refractivity contribution in [2.75, 3.05) is 0 Å². The van der Waals surface area contributed by atoms with Gasteiger partial charge in [-0.25, -0.2) is 4.98 Å². The van der Waals surface area contributed by atoms with E-state index in [1.165, 1.54) is 0 Å². The maximum atomic E-state index is 9.21. The summed E-state index contributed by atoms with van der Waals surface area (Å²) in [5.41, 5.74) is 1.41. The van der Waals surface area contributed by atoms with Gasteiger partial charge in [0.15, 0.2) is 0 Å². The highest BCUT2D eigenvalue weighted by Gasteiger charge is 2.10. The van der Waals surface area contributed by atoms with Crippen LogP contribution in [0.2, 0.25) is 0 Å². The summed E-state index contributed by atoms with van der Waals surface area (Å²) in [7, 11) is 0. The molecule has 0 fully saturated rings. The zero-order valence-electron chi connectivity index (χ0n) is 11.6. The standard InChI is InChI=1S/C16H18N2O/c1-11(2)8-12(3)19-16-9-13(10-17)14-6-4-5-7-15(14)18-16/h4-7,9,11-12H,8H2,1-3H3. The molecule has 3 heteroatoms. The average Bonchev–Trinajstić information content (AvgIpc) is 2.36. The summed E-state index contributed by atoms with van der Waals surface area (Å²) >= 11 is 0. The maximum absolute atomic E-state index is 9.21. The zero-order valence-corrected chi connectivity index (χ0v) is 11.6. The molecule has 0 aliphatic rings. The molecule has 1 atom stereocenters. The Morgan fingerprint density at radius 1 is 1.26 bits per heavy atom. The van der Waals surface area contributed by atoms with Crippen molar-refractivity contribution < 1.29 is 4.74 Å². The molecule has 1 aromatic carbocycles. The van der Waals surface area contributed by atoms with E-state index in [-0.39, 0.29) is 6.10 Å². The van der Waals surface area contributed by atoms with Gasteiger partial charge in [0.05, 0.1) is 17.2 Å². The number of nitrogens with zero attached hydrogens (tertiary/aromatic N) is 2. The molecule has 2 aromatic rings. The second-order valence-electron chi connectivity index (χ2n) is 5.20. The van der Waals surface area contributed by atoms with E-state index < -0.39 is 0 Å². The first-order valence-corrected chi connectivity index (χ1v) is 6.56. The van der Waals surface area contributed by atoms with Crippen molar-refractivity contribution in [2.45, 2.75) is 33.3 Å². The van der Waals surface area contributed by atoms with E-state index >= 15 is 0 Å². The predicted octanol–water partition coefficient (Wildman–Crippen LogP) is 3.92. The Bertz CT molecular complexity index is 614. The summed E-state index contributed by atoms with van der Waals surface area (Å²) in [4.78, 5) is 4.46. The van der Waals surface area contributed by atoms with E-state index in [1.54, 1.807) is 6.07 Å². The third-order valence-electron chi connectivity index (χ3n) is 2.94. The number of hydrogen-bond acceptors (Lipinski definition) is 3. The Hall–Kier alpha value is -2.08. The number of nitriles is 1. The van der Waals surface area contributed by atoms with E-state index in [9.17, 15) is 5.26 Å². The van der Waals surface area contributed by atoms with Crippen LogP contribution in [0.3, 0.4) is 0 Å². The average molecular weight is 254 g/mol. The number of aromatic nitrogens is 1. The van der Waals surface area contributed by atoms with Crippen molar-refractivity contribution in [1.29, 1.82) is 5.26 Å². The Morgan fingerprint density at radius 3 is 2.68 bits per heavy atom. The fraction of sp³-hybridized carbons (Fsp3) is 0.375. The molecule has 0 bridgehead atoms. The van der Waals surface area contributed by atoms with E-state index in [0.29, 0.717) is 17.4 Å². The molecule has 0 aliphatic carbocycles. The number of hydrogen-bond donors (Lipinski definition) is 0. The second-order valence-corrected chi connectivity index (χ2v) is 5.20. The number of pyridine rings is 1. The van der Waals surface area contributed by atoms with Crippen LogP contribution in [0.5, 0.6) is 5.88 Å². The number of benzene rings is 1. The largest absolute Gasteiger partial charge is 0.475 e. The molecule has 1 heterocycles. The molecule has 2 rings (SSSR count). The fourth-order valence-corrected chi connectivity index (χ4v) is 2.22. The third-order valence-corrected chi connectivity index (χ3v) is 2.94. The molecule has 1 unspecified atom stereocenters. The van der Waals surface area contributed by atoms with Crippen LogP contribution < -0.4 is 4.74 Å². The summed E-state index contributed by atoms with van der Waals surface area (Å²) < 4.78 is 5.81. The van der Waals surface area contributed by atoms with E-state index in [2.05, 4.69) is 24.9 Å². The van der Waals surface area contributed by atoms with Gasteiger partial charge < -0.3 is 4.74 Å². The quantitative estimate of drug-likeness (QED) is 0.830. The van der Waals surface area contributed by atoms with E-state index in [0.717, 1.165) is 17.3 Å². The van der Waals surface area contributed by atoms with Crippen LogP contribution in [-0.2, 0) is 0 Å². The minimum Gasteiger partial charge on any atom is -0.475 e. The van der Waals surface area contributed by atoms with Gasteiger partial charge in [-0.15, -0.1) is 0 Å².